The molecule has 0 aliphatic carbocycles. The van der Waals surface area contributed by atoms with Crippen molar-refractivity contribution in [2.24, 2.45) is 11.8 Å². The highest BCUT2D eigenvalue weighted by Crippen LogP contribution is 2.23. The summed E-state index contributed by atoms with van der Waals surface area (Å²) in [6, 6.07) is 0. The van der Waals surface area contributed by atoms with Crippen LogP contribution < -0.4 is 0 Å². The van der Waals surface area contributed by atoms with E-state index in [1.807, 2.05) is 6.92 Å². The minimum Gasteiger partial charge on any atom is -0.481 e. The van der Waals surface area contributed by atoms with Crippen LogP contribution in [0.15, 0.2) is 12.2 Å². The normalized spacial score (nSPS) is 27.1. The van der Waals surface area contributed by atoms with E-state index in [1.165, 1.54) is 6.08 Å². The van der Waals surface area contributed by atoms with Gasteiger partial charge in [-0.3, -0.25) is 9.59 Å². The summed E-state index contributed by atoms with van der Waals surface area (Å²) < 4.78 is 0. The molecule has 1 aliphatic heterocycles. The lowest BCUT2D eigenvalue weighted by Gasteiger charge is -2.12. The molecule has 4 heteroatoms. The molecule has 1 saturated heterocycles. The number of rotatable bonds is 2. The summed E-state index contributed by atoms with van der Waals surface area (Å²) in [5.74, 6) is -1.28. The third-order valence-corrected chi connectivity index (χ3v) is 2.55. The largest absolute Gasteiger partial charge is 0.481 e. The van der Waals surface area contributed by atoms with Crippen molar-refractivity contribution in [1.82, 2.24) is 4.90 Å². The van der Waals surface area contributed by atoms with Crippen LogP contribution in [-0.2, 0) is 9.59 Å². The summed E-state index contributed by atoms with van der Waals surface area (Å²) in [6.45, 7) is 4.51. The van der Waals surface area contributed by atoms with Gasteiger partial charge < -0.3 is 10.0 Å². The lowest BCUT2D eigenvalue weighted by Crippen LogP contribution is -2.28. The highest BCUT2D eigenvalue weighted by molar-refractivity contribution is 5.88. The van der Waals surface area contributed by atoms with Crippen LogP contribution >= 0.6 is 0 Å². The number of allylic oxidation sites excluding steroid dienone is 1. The van der Waals surface area contributed by atoms with E-state index in [-0.39, 0.29) is 11.8 Å². The Kier molecular flexibility index (Phi) is 3.28. The lowest BCUT2D eigenvalue weighted by molar-refractivity contribution is -0.142. The van der Waals surface area contributed by atoms with Crippen molar-refractivity contribution in [1.29, 1.82) is 0 Å². The SMILES string of the molecule is CC=CC(=O)N1CC(C)C(C(=O)O)C1. The molecule has 0 bridgehead atoms. The van der Waals surface area contributed by atoms with E-state index < -0.39 is 11.9 Å². The predicted molar refractivity (Wildman–Crippen MR) is 51.7 cm³/mol. The molecule has 78 valence electrons. The zero-order chi connectivity index (χ0) is 10.7. The van der Waals surface area contributed by atoms with E-state index in [2.05, 4.69) is 0 Å². The van der Waals surface area contributed by atoms with Gasteiger partial charge in [0.2, 0.25) is 5.91 Å². The molecule has 2 atom stereocenters. The average molecular weight is 197 g/mol. The number of carboxylic acids is 1. The van der Waals surface area contributed by atoms with Gasteiger partial charge in [0.15, 0.2) is 0 Å². The van der Waals surface area contributed by atoms with Crippen LogP contribution in [0.2, 0.25) is 0 Å². The summed E-state index contributed by atoms with van der Waals surface area (Å²) in [6.07, 6.45) is 3.14. The van der Waals surface area contributed by atoms with Gasteiger partial charge in [-0.25, -0.2) is 0 Å². The van der Waals surface area contributed by atoms with Crippen LogP contribution in [0.4, 0.5) is 0 Å². The third kappa shape index (κ3) is 2.13. The predicted octanol–water partition coefficient (Wildman–Crippen LogP) is 0.742. The summed E-state index contributed by atoms with van der Waals surface area (Å²) in [4.78, 5) is 23.8. The minimum absolute atomic E-state index is 0.0432. The molecule has 0 spiro atoms. The first kappa shape index (κ1) is 10.8. The number of carbonyl (C=O) groups excluding carboxylic acids is 1. The maximum atomic E-state index is 11.4. The second-order valence-electron chi connectivity index (χ2n) is 3.67. The average Bonchev–Trinajstić information content (AvgIpc) is 2.48. The van der Waals surface area contributed by atoms with E-state index >= 15 is 0 Å². The van der Waals surface area contributed by atoms with Gasteiger partial charge in [-0.1, -0.05) is 13.0 Å². The summed E-state index contributed by atoms with van der Waals surface area (Å²) in [7, 11) is 0. The van der Waals surface area contributed by atoms with E-state index in [4.69, 9.17) is 5.11 Å². The summed E-state index contributed by atoms with van der Waals surface area (Å²) in [5.41, 5.74) is 0. The number of nitrogens with zero attached hydrogens (tertiary/aromatic N) is 1. The van der Waals surface area contributed by atoms with Gasteiger partial charge in [-0.15, -0.1) is 0 Å². The molecule has 0 aromatic carbocycles. The van der Waals surface area contributed by atoms with Crippen molar-refractivity contribution in [3.63, 3.8) is 0 Å². The van der Waals surface area contributed by atoms with Crippen molar-refractivity contribution < 1.29 is 14.7 Å². The van der Waals surface area contributed by atoms with Crippen molar-refractivity contribution in [2.45, 2.75) is 13.8 Å². The van der Waals surface area contributed by atoms with Gasteiger partial charge in [0.25, 0.3) is 0 Å². The van der Waals surface area contributed by atoms with Gasteiger partial charge in [0.05, 0.1) is 5.92 Å². The number of hydrogen-bond acceptors (Lipinski definition) is 2. The molecule has 1 heterocycles. The molecule has 1 fully saturated rings. The van der Waals surface area contributed by atoms with Gasteiger partial charge in [-0.05, 0) is 18.9 Å². The van der Waals surface area contributed by atoms with E-state index in [0.29, 0.717) is 13.1 Å². The summed E-state index contributed by atoms with van der Waals surface area (Å²) >= 11 is 0. The number of carboxylic acid groups (broad SMARTS) is 1. The highest BCUT2D eigenvalue weighted by atomic mass is 16.4. The fraction of sp³-hybridized carbons (Fsp3) is 0.600. The Bertz CT molecular complexity index is 273. The number of hydrogen-bond donors (Lipinski definition) is 1. The van der Waals surface area contributed by atoms with Crippen molar-refractivity contribution in [3.05, 3.63) is 12.2 Å². The molecule has 0 radical (unpaired) electrons. The first-order valence-electron chi connectivity index (χ1n) is 4.70. The zero-order valence-electron chi connectivity index (χ0n) is 8.43. The maximum Gasteiger partial charge on any atom is 0.308 e. The Morgan fingerprint density at radius 1 is 1.43 bits per heavy atom. The number of likely N-dealkylation sites (tertiary alicyclic amines) is 1. The number of amides is 1. The Labute approximate surface area is 83.2 Å². The minimum atomic E-state index is -0.812. The van der Waals surface area contributed by atoms with Crippen molar-refractivity contribution >= 4 is 11.9 Å². The van der Waals surface area contributed by atoms with E-state index in [1.54, 1.807) is 17.9 Å². The molecule has 1 N–H and O–H groups in total. The molecule has 14 heavy (non-hydrogen) atoms. The molecule has 1 rings (SSSR count). The second kappa shape index (κ2) is 4.26. The molecule has 0 saturated carbocycles. The monoisotopic (exact) mass is 197 g/mol. The molecule has 0 aromatic rings. The fourth-order valence-corrected chi connectivity index (χ4v) is 1.72. The second-order valence-corrected chi connectivity index (χ2v) is 3.67. The van der Waals surface area contributed by atoms with Crippen LogP contribution in [0.3, 0.4) is 0 Å². The van der Waals surface area contributed by atoms with Crippen molar-refractivity contribution in [2.75, 3.05) is 13.1 Å². The standard InChI is InChI=1S/C10H15NO3/c1-3-4-9(12)11-5-7(2)8(6-11)10(13)14/h3-4,7-8H,5-6H2,1-2H3,(H,13,14). The first-order valence-corrected chi connectivity index (χ1v) is 4.70. The van der Waals surface area contributed by atoms with Crippen LogP contribution in [0.25, 0.3) is 0 Å². The molecule has 1 aliphatic rings. The van der Waals surface area contributed by atoms with Gasteiger partial charge in [-0.2, -0.15) is 0 Å². The quantitative estimate of drug-likeness (QED) is 0.664. The number of aliphatic carboxylic acids is 1. The maximum absolute atomic E-state index is 11.4. The molecule has 1 amide bonds. The zero-order valence-corrected chi connectivity index (χ0v) is 8.43. The molecule has 0 aromatic heterocycles. The Hall–Kier alpha value is -1.32. The molecule has 4 nitrogen and oxygen atoms in total. The van der Waals surface area contributed by atoms with E-state index in [0.717, 1.165) is 0 Å². The Balaban J connectivity index is 2.63. The summed E-state index contributed by atoms with van der Waals surface area (Å²) in [5, 5.41) is 8.86. The third-order valence-electron chi connectivity index (χ3n) is 2.55. The van der Waals surface area contributed by atoms with Crippen LogP contribution in [0.1, 0.15) is 13.8 Å². The first-order chi connectivity index (χ1) is 6.56. The molecular formula is C10H15NO3. The number of carbonyl (C=O) groups is 2. The van der Waals surface area contributed by atoms with Gasteiger partial charge in [0, 0.05) is 13.1 Å². The van der Waals surface area contributed by atoms with Crippen LogP contribution in [0, 0.1) is 11.8 Å². The molecular weight excluding hydrogens is 182 g/mol. The van der Waals surface area contributed by atoms with Crippen LogP contribution in [0.5, 0.6) is 0 Å². The molecule has 2 unspecified atom stereocenters. The van der Waals surface area contributed by atoms with E-state index in [9.17, 15) is 9.59 Å². The van der Waals surface area contributed by atoms with Crippen molar-refractivity contribution in [3.8, 4) is 0 Å². The lowest BCUT2D eigenvalue weighted by atomic mass is 9.99. The Morgan fingerprint density at radius 3 is 2.50 bits per heavy atom. The smallest absolute Gasteiger partial charge is 0.308 e. The topological polar surface area (TPSA) is 57.6 Å². The van der Waals surface area contributed by atoms with Gasteiger partial charge >= 0.3 is 5.97 Å². The Morgan fingerprint density at radius 2 is 2.07 bits per heavy atom. The van der Waals surface area contributed by atoms with Crippen LogP contribution in [-0.4, -0.2) is 35.0 Å². The highest BCUT2D eigenvalue weighted by Gasteiger charge is 2.36. The fourth-order valence-electron chi connectivity index (χ4n) is 1.72. The van der Waals surface area contributed by atoms with Gasteiger partial charge in [0.1, 0.15) is 0 Å².